The van der Waals surface area contributed by atoms with E-state index >= 15 is 0 Å². The molecule has 1 atom stereocenters. The van der Waals surface area contributed by atoms with E-state index in [0.29, 0.717) is 34.0 Å². The number of benzene rings is 2. The Bertz CT molecular complexity index is 1510. The molecular weight excluding hydrogens is 512 g/mol. The second-order valence-corrected chi connectivity index (χ2v) is 8.65. The largest absolute Gasteiger partial charge is 0.489 e. The van der Waals surface area contributed by atoms with Crippen LogP contribution in [-0.4, -0.2) is 46.2 Å². The van der Waals surface area contributed by atoms with Crippen molar-refractivity contribution in [2.45, 2.75) is 6.04 Å². The van der Waals surface area contributed by atoms with Gasteiger partial charge in [0.15, 0.2) is 5.65 Å². The average Bonchev–Trinajstić information content (AvgIpc) is 3.23. The lowest BCUT2D eigenvalue weighted by atomic mass is 10.2. The predicted molar refractivity (Wildman–Crippen MR) is 134 cm³/mol. The fraction of sp³-hybridized carbons (Fsp3) is 0.120. The Morgan fingerprint density at radius 2 is 2.06 bits per heavy atom. The third-order valence-corrected chi connectivity index (χ3v) is 5.85. The summed E-state index contributed by atoms with van der Waals surface area (Å²) in [7, 11) is 1.65. The van der Waals surface area contributed by atoms with Crippen LogP contribution >= 0.6 is 15.9 Å². The first-order valence-electron chi connectivity index (χ1n) is 10.7. The van der Waals surface area contributed by atoms with Gasteiger partial charge in [-0.15, -0.1) is 0 Å². The molecule has 174 valence electrons. The number of imidazole rings is 1. The van der Waals surface area contributed by atoms with Crippen molar-refractivity contribution in [3.05, 3.63) is 82.7 Å². The molecule has 5 rings (SSSR count). The fourth-order valence-corrected chi connectivity index (χ4v) is 3.97. The number of anilines is 2. The SMILES string of the molecule is CN1C(=O)[C@@H](NC(=O)Nc2cccc(C#Cc3cnc4cccnn34)c2)COc2cc(Br)ccc21. The summed E-state index contributed by atoms with van der Waals surface area (Å²) >= 11 is 3.40. The number of urea groups is 1. The van der Waals surface area contributed by atoms with Crippen molar-refractivity contribution >= 4 is 44.9 Å². The van der Waals surface area contributed by atoms with Gasteiger partial charge in [0.1, 0.15) is 24.1 Å². The number of hydrogen-bond donors (Lipinski definition) is 2. The monoisotopic (exact) mass is 530 g/mol. The number of carbonyl (C=O) groups excluding carboxylic acids is 2. The summed E-state index contributed by atoms with van der Waals surface area (Å²) in [5.41, 5.74) is 3.23. The maximum Gasteiger partial charge on any atom is 0.320 e. The third kappa shape index (κ3) is 4.81. The fourth-order valence-electron chi connectivity index (χ4n) is 3.63. The van der Waals surface area contributed by atoms with Crippen LogP contribution in [0.1, 0.15) is 11.3 Å². The number of rotatable bonds is 2. The standard InChI is InChI=1S/C25H19BrN6O3/c1-31-21-10-8-17(26)13-22(21)35-15-20(24(31)33)30-25(34)29-18-5-2-4-16(12-18)7-9-19-14-27-23-6-3-11-28-32(19)23/h2-6,8,10-14,20H,15H2,1H3,(H2,29,30,34)/t20-/m0/s1. The van der Waals surface area contributed by atoms with Gasteiger partial charge in [-0.25, -0.2) is 14.3 Å². The summed E-state index contributed by atoms with van der Waals surface area (Å²) in [5, 5.41) is 9.70. The first-order chi connectivity index (χ1) is 17.0. The molecule has 0 unspecified atom stereocenters. The smallest absolute Gasteiger partial charge is 0.320 e. The highest BCUT2D eigenvalue weighted by Gasteiger charge is 2.30. The first kappa shape index (κ1) is 22.4. The van der Waals surface area contributed by atoms with Crippen LogP contribution in [0.4, 0.5) is 16.2 Å². The van der Waals surface area contributed by atoms with E-state index in [1.807, 2.05) is 24.3 Å². The number of halogens is 1. The number of carbonyl (C=O) groups is 2. The third-order valence-electron chi connectivity index (χ3n) is 5.36. The lowest BCUT2D eigenvalue weighted by Gasteiger charge is -2.20. The lowest BCUT2D eigenvalue weighted by Crippen LogP contribution is -2.50. The molecule has 10 heteroatoms. The molecule has 2 aromatic heterocycles. The zero-order chi connectivity index (χ0) is 24.4. The van der Waals surface area contributed by atoms with Crippen LogP contribution < -0.4 is 20.3 Å². The molecular formula is C25H19BrN6O3. The number of fused-ring (bicyclic) bond motifs is 2. The lowest BCUT2D eigenvalue weighted by molar-refractivity contribution is -0.120. The summed E-state index contributed by atoms with van der Waals surface area (Å²) < 4.78 is 8.28. The van der Waals surface area contributed by atoms with Gasteiger partial charge in [0.05, 0.1) is 11.9 Å². The number of nitrogens with zero attached hydrogens (tertiary/aromatic N) is 4. The molecule has 0 bridgehead atoms. The van der Waals surface area contributed by atoms with E-state index in [2.05, 4.69) is 48.5 Å². The summed E-state index contributed by atoms with van der Waals surface area (Å²) in [6.45, 7) is 0.0128. The number of likely N-dealkylation sites (N-methyl/N-ethyl adjacent to an activating group) is 1. The molecule has 2 N–H and O–H groups in total. The highest BCUT2D eigenvalue weighted by atomic mass is 79.9. The maximum atomic E-state index is 12.9. The van der Waals surface area contributed by atoms with Crippen LogP contribution in [0.3, 0.4) is 0 Å². The van der Waals surface area contributed by atoms with Crippen LogP contribution in [0.5, 0.6) is 5.75 Å². The van der Waals surface area contributed by atoms with Crippen molar-refractivity contribution in [2.24, 2.45) is 0 Å². The number of hydrogen-bond acceptors (Lipinski definition) is 5. The van der Waals surface area contributed by atoms with Crippen molar-refractivity contribution in [2.75, 3.05) is 23.9 Å². The number of nitrogens with one attached hydrogen (secondary N) is 2. The molecule has 9 nitrogen and oxygen atoms in total. The van der Waals surface area contributed by atoms with E-state index in [0.717, 1.165) is 4.47 Å². The van der Waals surface area contributed by atoms with Crippen LogP contribution in [0.25, 0.3) is 5.65 Å². The normalized spacial score (nSPS) is 14.9. The van der Waals surface area contributed by atoms with Gasteiger partial charge in [-0.2, -0.15) is 5.10 Å². The Morgan fingerprint density at radius 3 is 2.94 bits per heavy atom. The molecule has 2 aromatic carbocycles. The molecule has 0 saturated heterocycles. The Hall–Kier alpha value is -4.36. The summed E-state index contributed by atoms with van der Waals surface area (Å²) in [6, 6.07) is 14.8. The van der Waals surface area contributed by atoms with Crippen LogP contribution in [0.15, 0.2) is 71.5 Å². The Labute approximate surface area is 209 Å². The Kier molecular flexibility index (Phi) is 6.08. The van der Waals surface area contributed by atoms with Crippen molar-refractivity contribution in [3.8, 4) is 17.6 Å². The Balaban J connectivity index is 1.26. The molecule has 3 amide bonds. The number of aromatic nitrogens is 3. The second kappa shape index (κ2) is 9.48. The highest BCUT2D eigenvalue weighted by Crippen LogP contribution is 2.33. The zero-order valence-corrected chi connectivity index (χ0v) is 20.1. The molecule has 0 spiro atoms. The van der Waals surface area contributed by atoms with Crippen molar-refractivity contribution < 1.29 is 14.3 Å². The van der Waals surface area contributed by atoms with Crippen molar-refractivity contribution in [1.29, 1.82) is 0 Å². The highest BCUT2D eigenvalue weighted by molar-refractivity contribution is 9.10. The van der Waals surface area contributed by atoms with Gasteiger partial charge in [-0.1, -0.05) is 27.9 Å². The molecule has 1 aliphatic rings. The average molecular weight is 531 g/mol. The minimum Gasteiger partial charge on any atom is -0.489 e. The molecule has 0 aliphatic carbocycles. The minimum atomic E-state index is -0.850. The molecule has 4 aromatic rings. The first-order valence-corrected chi connectivity index (χ1v) is 11.5. The molecule has 1 aliphatic heterocycles. The van der Waals surface area contributed by atoms with E-state index < -0.39 is 12.1 Å². The molecule has 35 heavy (non-hydrogen) atoms. The van der Waals surface area contributed by atoms with E-state index in [4.69, 9.17) is 4.74 Å². The van der Waals surface area contributed by atoms with Gasteiger partial charge in [0.25, 0.3) is 5.91 Å². The summed E-state index contributed by atoms with van der Waals surface area (Å²) in [5.74, 6) is 6.40. The van der Waals surface area contributed by atoms with Crippen molar-refractivity contribution in [3.63, 3.8) is 0 Å². The number of amides is 3. The van der Waals surface area contributed by atoms with Gasteiger partial charge >= 0.3 is 6.03 Å². The van der Waals surface area contributed by atoms with Gasteiger partial charge in [0, 0.05) is 29.0 Å². The van der Waals surface area contributed by atoms with Gasteiger partial charge in [-0.3, -0.25) is 4.79 Å². The Morgan fingerprint density at radius 1 is 1.17 bits per heavy atom. The minimum absolute atomic E-state index is 0.0128. The van der Waals surface area contributed by atoms with Crippen molar-refractivity contribution in [1.82, 2.24) is 19.9 Å². The van der Waals surface area contributed by atoms with Gasteiger partial charge < -0.3 is 20.3 Å². The molecule has 0 fully saturated rings. The van der Waals surface area contributed by atoms with Crippen LogP contribution in [0, 0.1) is 11.8 Å². The topological polar surface area (TPSA) is 101 Å². The van der Waals surface area contributed by atoms with Gasteiger partial charge in [0.2, 0.25) is 0 Å². The van der Waals surface area contributed by atoms with Crippen LogP contribution in [-0.2, 0) is 4.79 Å². The van der Waals surface area contributed by atoms with E-state index in [1.54, 1.807) is 54.3 Å². The van der Waals surface area contributed by atoms with E-state index in [1.165, 1.54) is 4.90 Å². The summed E-state index contributed by atoms with van der Waals surface area (Å²) in [4.78, 5) is 31.3. The second-order valence-electron chi connectivity index (χ2n) is 7.74. The molecule has 0 saturated carbocycles. The predicted octanol–water partition coefficient (Wildman–Crippen LogP) is 3.44. The number of ether oxygens (including phenoxy) is 1. The van der Waals surface area contributed by atoms with E-state index in [9.17, 15) is 9.59 Å². The maximum absolute atomic E-state index is 12.9. The quantitative estimate of drug-likeness (QED) is 0.386. The zero-order valence-electron chi connectivity index (χ0n) is 18.5. The molecule has 0 radical (unpaired) electrons. The van der Waals surface area contributed by atoms with Crippen LogP contribution in [0.2, 0.25) is 0 Å². The molecule has 3 heterocycles. The summed E-state index contributed by atoms with van der Waals surface area (Å²) in [6.07, 6.45) is 3.33. The van der Waals surface area contributed by atoms with Gasteiger partial charge in [-0.05, 0) is 54.5 Å². The van der Waals surface area contributed by atoms with E-state index in [-0.39, 0.29) is 12.5 Å².